The Hall–Kier alpha value is 0.690. The Bertz CT molecular complexity index is 249. The Labute approximate surface area is 108 Å². The molecule has 1 atom stereocenters. The van der Waals surface area contributed by atoms with Crippen molar-refractivity contribution in [2.75, 3.05) is 31.5 Å². The average molecular weight is 304 g/mol. The van der Waals surface area contributed by atoms with Crippen LogP contribution in [0.5, 0.6) is 0 Å². The SMILES string of the molecule is CCOP(=O)(CP(=O)(OCC)SCC)OCC. The molecular formula is C9H22O5P2S. The van der Waals surface area contributed by atoms with Crippen LogP contribution in [0.3, 0.4) is 0 Å². The number of hydrogen-bond acceptors (Lipinski definition) is 6. The first kappa shape index (κ1) is 17.7. The van der Waals surface area contributed by atoms with E-state index >= 15 is 0 Å². The highest BCUT2D eigenvalue weighted by Crippen LogP contribution is 2.69. The fourth-order valence-corrected chi connectivity index (χ4v) is 9.69. The maximum atomic E-state index is 12.4. The van der Waals surface area contributed by atoms with Gasteiger partial charge in [0.2, 0.25) is 0 Å². The first-order valence-electron chi connectivity index (χ1n) is 5.71. The van der Waals surface area contributed by atoms with Gasteiger partial charge in [0.15, 0.2) is 0 Å². The second-order valence-electron chi connectivity index (χ2n) is 3.03. The van der Waals surface area contributed by atoms with Crippen LogP contribution in [0.2, 0.25) is 0 Å². The molecule has 0 aromatic rings. The number of hydrogen-bond donors (Lipinski definition) is 0. The van der Waals surface area contributed by atoms with Gasteiger partial charge in [0.05, 0.1) is 19.8 Å². The van der Waals surface area contributed by atoms with Crippen molar-refractivity contribution in [2.24, 2.45) is 0 Å². The summed E-state index contributed by atoms with van der Waals surface area (Å²) in [6.45, 7) is 4.94. The van der Waals surface area contributed by atoms with E-state index in [0.717, 1.165) is 0 Å². The fourth-order valence-electron chi connectivity index (χ4n) is 1.24. The maximum absolute atomic E-state index is 12.4. The van der Waals surface area contributed by atoms with Crippen LogP contribution >= 0.6 is 25.5 Å². The fraction of sp³-hybridized carbons (Fsp3) is 1.00. The van der Waals surface area contributed by atoms with Crippen LogP contribution in [-0.4, -0.2) is 31.5 Å². The topological polar surface area (TPSA) is 61.8 Å². The quantitative estimate of drug-likeness (QED) is 0.564. The van der Waals surface area contributed by atoms with Gasteiger partial charge in [0, 0.05) is 0 Å². The summed E-state index contributed by atoms with van der Waals surface area (Å²) in [7, 11) is -3.31. The van der Waals surface area contributed by atoms with Crippen LogP contribution in [0.25, 0.3) is 0 Å². The van der Waals surface area contributed by atoms with Gasteiger partial charge in [-0.3, -0.25) is 9.13 Å². The van der Waals surface area contributed by atoms with Crippen molar-refractivity contribution in [3.8, 4) is 0 Å². The van der Waals surface area contributed by atoms with Gasteiger partial charge in [0.1, 0.15) is 5.90 Å². The van der Waals surface area contributed by atoms with Gasteiger partial charge in [-0.2, -0.15) is 0 Å². The molecule has 0 N–H and O–H groups in total. The van der Waals surface area contributed by atoms with Gasteiger partial charge in [-0.05, 0) is 26.5 Å². The summed E-state index contributed by atoms with van der Waals surface area (Å²) >= 11 is 1.18. The van der Waals surface area contributed by atoms with E-state index in [4.69, 9.17) is 13.6 Å². The molecule has 0 saturated carbocycles. The summed E-state index contributed by atoms with van der Waals surface area (Å²) in [6, 6.07) is 0. The van der Waals surface area contributed by atoms with Gasteiger partial charge in [-0.25, -0.2) is 0 Å². The minimum atomic E-state index is -3.31. The lowest BCUT2D eigenvalue weighted by atomic mass is 10.9. The molecule has 0 spiro atoms. The Morgan fingerprint density at radius 3 is 1.71 bits per heavy atom. The molecule has 0 aromatic carbocycles. The summed E-state index contributed by atoms with van der Waals surface area (Å²) in [6.07, 6.45) is 0. The predicted octanol–water partition coefficient (Wildman–Crippen LogP) is 4.19. The van der Waals surface area contributed by atoms with E-state index in [-0.39, 0.29) is 19.1 Å². The lowest BCUT2D eigenvalue weighted by molar-refractivity contribution is 0.222. The molecule has 0 aromatic heterocycles. The Morgan fingerprint density at radius 1 is 0.882 bits per heavy atom. The molecule has 5 nitrogen and oxygen atoms in total. The summed E-state index contributed by atoms with van der Waals surface area (Å²) in [4.78, 5) is 0. The largest absolute Gasteiger partial charge is 0.341 e. The first-order valence-corrected chi connectivity index (χ1v) is 10.8. The van der Waals surface area contributed by atoms with Gasteiger partial charge in [-0.15, -0.1) is 0 Å². The molecule has 8 heteroatoms. The first-order chi connectivity index (χ1) is 7.95. The van der Waals surface area contributed by atoms with Crippen LogP contribution in [0.1, 0.15) is 27.7 Å². The van der Waals surface area contributed by atoms with Crippen LogP contribution in [0.4, 0.5) is 0 Å². The van der Waals surface area contributed by atoms with E-state index in [1.54, 1.807) is 20.8 Å². The second kappa shape index (κ2) is 8.73. The molecule has 0 fully saturated rings. The van der Waals surface area contributed by atoms with Crippen LogP contribution in [0, 0.1) is 0 Å². The van der Waals surface area contributed by atoms with E-state index in [0.29, 0.717) is 12.4 Å². The molecule has 0 aliphatic heterocycles. The number of rotatable bonds is 10. The molecule has 0 bridgehead atoms. The smallest absolute Gasteiger partial charge is 0.321 e. The molecule has 0 heterocycles. The van der Waals surface area contributed by atoms with Crippen LogP contribution in [-0.2, 0) is 22.7 Å². The zero-order valence-electron chi connectivity index (χ0n) is 10.9. The highest BCUT2D eigenvalue weighted by atomic mass is 32.7. The molecule has 17 heavy (non-hydrogen) atoms. The van der Waals surface area contributed by atoms with E-state index in [1.165, 1.54) is 11.4 Å². The Balaban J connectivity index is 4.79. The van der Waals surface area contributed by atoms with Crippen molar-refractivity contribution in [3.05, 3.63) is 0 Å². The third kappa shape index (κ3) is 7.00. The van der Waals surface area contributed by atoms with Crippen molar-refractivity contribution >= 4 is 25.5 Å². The summed E-state index contributed by atoms with van der Waals surface area (Å²) < 4.78 is 40.2. The normalized spacial score (nSPS) is 15.8. The summed E-state index contributed by atoms with van der Waals surface area (Å²) in [5, 5.41) is 0. The molecule has 1 unspecified atom stereocenters. The lowest BCUT2D eigenvalue weighted by Crippen LogP contribution is -2.02. The van der Waals surface area contributed by atoms with Crippen molar-refractivity contribution in [1.29, 1.82) is 0 Å². The van der Waals surface area contributed by atoms with Crippen molar-refractivity contribution < 1.29 is 22.7 Å². The molecule has 0 aliphatic rings. The van der Waals surface area contributed by atoms with E-state index in [9.17, 15) is 9.13 Å². The monoisotopic (exact) mass is 304 g/mol. The highest BCUT2D eigenvalue weighted by molar-refractivity contribution is 8.57. The van der Waals surface area contributed by atoms with Crippen LogP contribution in [0.15, 0.2) is 0 Å². The average Bonchev–Trinajstić information content (AvgIpc) is 2.17. The Morgan fingerprint density at radius 2 is 1.35 bits per heavy atom. The predicted molar refractivity (Wildman–Crippen MR) is 73.1 cm³/mol. The molecular weight excluding hydrogens is 282 g/mol. The zero-order valence-corrected chi connectivity index (χ0v) is 13.5. The summed E-state index contributed by atoms with van der Waals surface area (Å²) in [5.41, 5.74) is 0. The molecule has 0 saturated heterocycles. The van der Waals surface area contributed by atoms with Crippen LogP contribution < -0.4 is 0 Å². The lowest BCUT2D eigenvalue weighted by Gasteiger charge is -2.22. The van der Waals surface area contributed by atoms with Crippen molar-refractivity contribution in [3.63, 3.8) is 0 Å². The minimum Gasteiger partial charge on any atom is -0.321 e. The van der Waals surface area contributed by atoms with Gasteiger partial charge < -0.3 is 13.6 Å². The molecule has 0 rings (SSSR count). The third-order valence-electron chi connectivity index (χ3n) is 1.65. The third-order valence-corrected chi connectivity index (χ3v) is 10.3. The highest BCUT2D eigenvalue weighted by Gasteiger charge is 2.37. The summed E-state index contributed by atoms with van der Waals surface area (Å²) in [5.74, 6) is 0.476. The molecule has 0 aliphatic carbocycles. The minimum absolute atomic E-state index is 0.159. The van der Waals surface area contributed by atoms with Gasteiger partial charge >= 0.3 is 7.60 Å². The molecule has 104 valence electrons. The second-order valence-corrected chi connectivity index (χ2v) is 10.7. The Kier molecular flexibility index (Phi) is 9.09. The van der Waals surface area contributed by atoms with Gasteiger partial charge in [-0.1, -0.05) is 18.3 Å². The molecule has 0 radical (unpaired) electrons. The zero-order chi connectivity index (χ0) is 13.4. The maximum Gasteiger partial charge on any atom is 0.341 e. The van der Waals surface area contributed by atoms with Crippen molar-refractivity contribution in [1.82, 2.24) is 0 Å². The van der Waals surface area contributed by atoms with E-state index < -0.39 is 14.2 Å². The van der Waals surface area contributed by atoms with E-state index in [1.807, 2.05) is 6.92 Å². The van der Waals surface area contributed by atoms with Gasteiger partial charge in [0.25, 0.3) is 6.57 Å². The van der Waals surface area contributed by atoms with E-state index in [2.05, 4.69) is 0 Å². The van der Waals surface area contributed by atoms with Crippen molar-refractivity contribution in [2.45, 2.75) is 27.7 Å². The molecule has 0 amide bonds. The standard InChI is InChI=1S/C9H22O5P2S/c1-5-12-15(10,13-6-2)9-16(11,14-7-3)17-8-4/h5-9H2,1-4H3.